The van der Waals surface area contributed by atoms with Gasteiger partial charge in [0.05, 0.1) is 0 Å². The molecule has 3 fully saturated rings. The molecule has 3 saturated carbocycles. The molecule has 0 saturated heterocycles. The zero-order chi connectivity index (χ0) is 20.1. The van der Waals surface area contributed by atoms with Gasteiger partial charge in [0.15, 0.2) is 5.78 Å². The van der Waals surface area contributed by atoms with E-state index in [0.717, 1.165) is 43.1 Å². The van der Waals surface area contributed by atoms with E-state index in [1.165, 1.54) is 32.1 Å². The zero-order valence-corrected chi connectivity index (χ0v) is 18.3. The highest BCUT2D eigenvalue weighted by Gasteiger charge is 2.59. The molecule has 4 aliphatic rings. The maximum atomic E-state index is 12.2. The number of Topliss-reactive ketones (excluding diaryl/α,β-unsaturated/α-hetero) is 1. The first kappa shape index (κ1) is 20.2. The summed E-state index contributed by atoms with van der Waals surface area (Å²) in [7, 11) is 0. The number of esters is 1. The molecule has 0 aromatic heterocycles. The summed E-state index contributed by atoms with van der Waals surface area (Å²) in [5, 5.41) is 0. The third-order valence-electron chi connectivity index (χ3n) is 9.33. The van der Waals surface area contributed by atoms with Crippen LogP contribution < -0.4 is 0 Å². The Morgan fingerprint density at radius 3 is 2.61 bits per heavy atom. The van der Waals surface area contributed by atoms with Crippen molar-refractivity contribution in [1.29, 1.82) is 0 Å². The van der Waals surface area contributed by atoms with Crippen molar-refractivity contribution in [2.24, 2.45) is 34.5 Å². The Hall–Kier alpha value is -1.12. The SMILES string of the molecule is CCCC(=O)O[C@@H]1CC[C@@]2(C)[C@@H](CC[C@H]3[C@H]4CC=C(C(C)=O)[C@@]4(C)CC[C@@H]32)C1. The fraction of sp³-hybridized carbons (Fsp3) is 0.840. The summed E-state index contributed by atoms with van der Waals surface area (Å²) in [6.07, 6.45) is 13.2. The minimum Gasteiger partial charge on any atom is -0.462 e. The molecule has 0 aliphatic heterocycles. The summed E-state index contributed by atoms with van der Waals surface area (Å²) in [5.74, 6) is 3.16. The predicted octanol–water partition coefficient (Wildman–Crippen LogP) is 5.87. The van der Waals surface area contributed by atoms with Crippen LogP contribution in [0.1, 0.15) is 91.9 Å². The molecule has 0 spiro atoms. The van der Waals surface area contributed by atoms with Crippen LogP contribution in [0, 0.1) is 34.5 Å². The molecule has 3 heteroatoms. The molecule has 0 aromatic rings. The van der Waals surface area contributed by atoms with E-state index in [4.69, 9.17) is 4.74 Å². The second-order valence-corrected chi connectivity index (χ2v) is 10.7. The number of hydrogen-bond acceptors (Lipinski definition) is 3. The quantitative estimate of drug-likeness (QED) is 0.568. The second-order valence-electron chi connectivity index (χ2n) is 10.7. The van der Waals surface area contributed by atoms with Crippen molar-refractivity contribution >= 4 is 11.8 Å². The van der Waals surface area contributed by atoms with Gasteiger partial charge < -0.3 is 4.74 Å². The van der Waals surface area contributed by atoms with Crippen LogP contribution in [0.5, 0.6) is 0 Å². The van der Waals surface area contributed by atoms with Gasteiger partial charge in [0.2, 0.25) is 0 Å². The lowest BCUT2D eigenvalue weighted by Crippen LogP contribution is -2.54. The van der Waals surface area contributed by atoms with Crippen LogP contribution in [0.4, 0.5) is 0 Å². The third kappa shape index (κ3) is 3.08. The van der Waals surface area contributed by atoms with Crippen LogP contribution in [0.2, 0.25) is 0 Å². The van der Waals surface area contributed by atoms with E-state index in [1.807, 2.05) is 6.92 Å². The van der Waals surface area contributed by atoms with E-state index in [9.17, 15) is 9.59 Å². The summed E-state index contributed by atoms with van der Waals surface area (Å²) < 4.78 is 5.80. The summed E-state index contributed by atoms with van der Waals surface area (Å²) in [6, 6.07) is 0. The van der Waals surface area contributed by atoms with Gasteiger partial charge in [0.25, 0.3) is 0 Å². The molecule has 3 nitrogen and oxygen atoms in total. The van der Waals surface area contributed by atoms with E-state index in [1.54, 1.807) is 6.92 Å². The minimum atomic E-state index is -0.00739. The van der Waals surface area contributed by atoms with E-state index >= 15 is 0 Å². The van der Waals surface area contributed by atoms with Gasteiger partial charge in [-0.05, 0) is 105 Å². The first-order valence-corrected chi connectivity index (χ1v) is 11.7. The summed E-state index contributed by atoms with van der Waals surface area (Å²) >= 11 is 0. The van der Waals surface area contributed by atoms with E-state index in [2.05, 4.69) is 19.9 Å². The number of rotatable bonds is 4. The molecule has 0 amide bonds. The van der Waals surface area contributed by atoms with Crippen molar-refractivity contribution in [2.45, 2.75) is 98.0 Å². The van der Waals surface area contributed by atoms with Crippen LogP contribution in [-0.4, -0.2) is 17.9 Å². The molecule has 0 unspecified atom stereocenters. The van der Waals surface area contributed by atoms with Crippen LogP contribution in [0.25, 0.3) is 0 Å². The number of ether oxygens (including phenoxy) is 1. The van der Waals surface area contributed by atoms with Crippen LogP contribution >= 0.6 is 0 Å². The Morgan fingerprint density at radius 2 is 1.89 bits per heavy atom. The van der Waals surface area contributed by atoms with Gasteiger partial charge in [-0.25, -0.2) is 0 Å². The lowest BCUT2D eigenvalue weighted by atomic mass is 9.44. The van der Waals surface area contributed by atoms with Crippen molar-refractivity contribution in [2.75, 3.05) is 0 Å². The maximum absolute atomic E-state index is 12.2. The van der Waals surface area contributed by atoms with Crippen LogP contribution in [0.15, 0.2) is 11.6 Å². The zero-order valence-electron chi connectivity index (χ0n) is 18.3. The monoisotopic (exact) mass is 386 g/mol. The number of carbonyl (C=O) groups excluding carboxylic acids is 2. The third-order valence-corrected chi connectivity index (χ3v) is 9.33. The molecule has 0 aromatic carbocycles. The van der Waals surface area contributed by atoms with Gasteiger partial charge in [0, 0.05) is 6.42 Å². The van der Waals surface area contributed by atoms with Gasteiger partial charge in [-0.3, -0.25) is 9.59 Å². The average molecular weight is 387 g/mol. The number of fused-ring (bicyclic) bond motifs is 5. The standard InChI is InChI=1S/C25H38O3/c1-5-6-23(27)28-18-11-13-24(3)17(15-18)7-8-19-21-10-9-20(16(2)26)25(21,4)14-12-22(19)24/h9,17-19,21-22H,5-8,10-15H2,1-4H3/t17-,18+,19-,21+,22-,24-,25+/m0/s1. The highest BCUT2D eigenvalue weighted by atomic mass is 16.5. The first-order chi connectivity index (χ1) is 13.3. The Labute approximate surface area is 170 Å². The smallest absolute Gasteiger partial charge is 0.306 e. The van der Waals surface area contributed by atoms with E-state index in [0.29, 0.717) is 23.7 Å². The fourth-order valence-corrected chi connectivity index (χ4v) is 7.89. The van der Waals surface area contributed by atoms with Crippen molar-refractivity contribution in [3.8, 4) is 0 Å². The highest BCUT2D eigenvalue weighted by Crippen LogP contribution is 2.66. The molecule has 0 bridgehead atoms. The molecule has 7 atom stereocenters. The van der Waals surface area contributed by atoms with Crippen LogP contribution in [0.3, 0.4) is 0 Å². The topological polar surface area (TPSA) is 43.4 Å². The Bertz CT molecular complexity index is 679. The number of hydrogen-bond donors (Lipinski definition) is 0. The normalized spacial score (nSPS) is 44.7. The summed E-state index contributed by atoms with van der Waals surface area (Å²) in [6.45, 7) is 8.69. The largest absolute Gasteiger partial charge is 0.462 e. The Balaban J connectivity index is 1.48. The van der Waals surface area contributed by atoms with Crippen molar-refractivity contribution in [3.05, 3.63) is 11.6 Å². The van der Waals surface area contributed by atoms with Gasteiger partial charge in [0.1, 0.15) is 6.10 Å². The molecule has 4 rings (SSSR count). The Morgan fingerprint density at radius 1 is 1.11 bits per heavy atom. The molecular formula is C25H38O3. The number of ketones is 1. The molecule has 0 N–H and O–H groups in total. The fourth-order valence-electron chi connectivity index (χ4n) is 7.89. The first-order valence-electron chi connectivity index (χ1n) is 11.7. The van der Waals surface area contributed by atoms with Crippen molar-refractivity contribution < 1.29 is 14.3 Å². The maximum Gasteiger partial charge on any atom is 0.306 e. The Kier molecular flexibility index (Phi) is 5.25. The molecule has 4 aliphatic carbocycles. The van der Waals surface area contributed by atoms with Crippen LogP contribution in [-0.2, 0) is 14.3 Å². The number of allylic oxidation sites excluding steroid dienone is 2. The predicted molar refractivity (Wildman–Crippen MR) is 111 cm³/mol. The molecular weight excluding hydrogens is 348 g/mol. The van der Waals surface area contributed by atoms with E-state index < -0.39 is 0 Å². The summed E-state index contributed by atoms with van der Waals surface area (Å²) in [5.41, 5.74) is 1.62. The van der Waals surface area contributed by atoms with Gasteiger partial charge in [-0.2, -0.15) is 0 Å². The van der Waals surface area contributed by atoms with Crippen molar-refractivity contribution in [3.63, 3.8) is 0 Å². The van der Waals surface area contributed by atoms with Gasteiger partial charge >= 0.3 is 5.97 Å². The minimum absolute atomic E-state index is 0.00739. The molecule has 28 heavy (non-hydrogen) atoms. The van der Waals surface area contributed by atoms with E-state index in [-0.39, 0.29) is 23.3 Å². The number of carbonyl (C=O) groups is 2. The second kappa shape index (κ2) is 7.29. The molecule has 156 valence electrons. The highest BCUT2D eigenvalue weighted by molar-refractivity contribution is 5.95. The van der Waals surface area contributed by atoms with Gasteiger partial charge in [-0.15, -0.1) is 0 Å². The van der Waals surface area contributed by atoms with Gasteiger partial charge in [-0.1, -0.05) is 26.8 Å². The lowest BCUT2D eigenvalue weighted by Gasteiger charge is -2.60. The lowest BCUT2D eigenvalue weighted by molar-refractivity contribution is -0.161. The molecule has 0 radical (unpaired) electrons. The van der Waals surface area contributed by atoms with Crippen molar-refractivity contribution in [1.82, 2.24) is 0 Å². The summed E-state index contributed by atoms with van der Waals surface area (Å²) in [4.78, 5) is 24.2. The average Bonchev–Trinajstić information content (AvgIpc) is 2.99. The molecule has 0 heterocycles.